The van der Waals surface area contributed by atoms with Gasteiger partial charge in [-0.15, -0.1) is 10.2 Å². The zero-order valence-electron chi connectivity index (χ0n) is 14.8. The molecule has 1 heterocycles. The van der Waals surface area contributed by atoms with Gasteiger partial charge in [0.15, 0.2) is 11.5 Å². The molecule has 0 saturated carbocycles. The summed E-state index contributed by atoms with van der Waals surface area (Å²) in [6, 6.07) is 21.1. The van der Waals surface area contributed by atoms with E-state index in [1.165, 1.54) is 0 Å². The predicted octanol–water partition coefficient (Wildman–Crippen LogP) is 3.22. The average molecular weight is 347 g/mol. The average Bonchev–Trinajstić information content (AvgIpc) is 2.68. The Morgan fingerprint density at radius 3 is 2.27 bits per heavy atom. The molecule has 0 bridgehead atoms. The van der Waals surface area contributed by atoms with Crippen molar-refractivity contribution in [3.8, 4) is 0 Å². The lowest BCUT2D eigenvalue weighted by Crippen LogP contribution is -2.24. The molecule has 1 aromatic heterocycles. The quantitative estimate of drug-likeness (QED) is 0.716. The second-order valence-corrected chi connectivity index (χ2v) is 6.04. The summed E-state index contributed by atoms with van der Waals surface area (Å²) in [5, 5.41) is 14.1. The van der Waals surface area contributed by atoms with Crippen molar-refractivity contribution in [1.82, 2.24) is 15.5 Å². The molecule has 0 atom stereocenters. The third-order valence-corrected chi connectivity index (χ3v) is 3.85. The fourth-order valence-electron chi connectivity index (χ4n) is 2.38. The van der Waals surface area contributed by atoms with Crippen LogP contribution in [-0.2, 0) is 6.54 Å². The summed E-state index contributed by atoms with van der Waals surface area (Å²) >= 11 is 0. The molecule has 6 nitrogen and oxygen atoms in total. The number of aromatic nitrogens is 2. The molecular weight excluding hydrogens is 326 g/mol. The zero-order valence-corrected chi connectivity index (χ0v) is 14.8. The molecule has 0 fully saturated rings. The van der Waals surface area contributed by atoms with Crippen molar-refractivity contribution < 1.29 is 4.79 Å². The van der Waals surface area contributed by atoms with E-state index >= 15 is 0 Å². The number of anilines is 3. The van der Waals surface area contributed by atoms with Crippen LogP contribution in [0.5, 0.6) is 0 Å². The molecule has 0 aliphatic heterocycles. The van der Waals surface area contributed by atoms with Gasteiger partial charge in [0.1, 0.15) is 0 Å². The maximum atomic E-state index is 12.2. The fraction of sp³-hybridized carbons (Fsp3) is 0.150. The number of nitrogens with zero attached hydrogens (tertiary/aromatic N) is 3. The molecule has 3 aromatic rings. The van der Waals surface area contributed by atoms with Gasteiger partial charge in [0.25, 0.3) is 5.91 Å². The normalized spacial score (nSPS) is 10.2. The molecule has 2 aromatic carbocycles. The summed E-state index contributed by atoms with van der Waals surface area (Å²) in [5.41, 5.74) is 3.35. The minimum atomic E-state index is -0.247. The summed E-state index contributed by atoms with van der Waals surface area (Å²) in [6.45, 7) is 0.458. The number of benzene rings is 2. The maximum Gasteiger partial charge on any atom is 0.272 e. The molecule has 0 spiro atoms. The van der Waals surface area contributed by atoms with E-state index in [0.717, 1.165) is 16.9 Å². The highest BCUT2D eigenvalue weighted by Crippen LogP contribution is 2.18. The smallest absolute Gasteiger partial charge is 0.272 e. The molecule has 3 rings (SSSR count). The van der Waals surface area contributed by atoms with Crippen molar-refractivity contribution in [1.29, 1.82) is 0 Å². The van der Waals surface area contributed by atoms with E-state index in [-0.39, 0.29) is 11.6 Å². The largest absolute Gasteiger partial charge is 0.378 e. The Hall–Kier alpha value is -3.41. The second kappa shape index (κ2) is 8.11. The van der Waals surface area contributed by atoms with E-state index in [2.05, 4.69) is 20.8 Å². The Kier molecular flexibility index (Phi) is 5.43. The van der Waals surface area contributed by atoms with Gasteiger partial charge in [-0.25, -0.2) is 0 Å². The van der Waals surface area contributed by atoms with Crippen LogP contribution in [-0.4, -0.2) is 30.2 Å². The standard InChI is InChI=1S/C20H21N5O/c1-25(2)17-10-8-16(9-11-17)22-19-13-12-18(23-24-19)20(26)21-14-15-6-4-3-5-7-15/h3-13H,14H2,1-2H3,(H,21,26)(H,22,24). The van der Waals surface area contributed by atoms with Crippen LogP contribution in [0.3, 0.4) is 0 Å². The van der Waals surface area contributed by atoms with Crippen molar-refractivity contribution in [2.45, 2.75) is 6.54 Å². The topological polar surface area (TPSA) is 70.2 Å². The lowest BCUT2D eigenvalue weighted by molar-refractivity contribution is 0.0945. The van der Waals surface area contributed by atoms with Gasteiger partial charge in [-0.05, 0) is 42.0 Å². The first-order valence-corrected chi connectivity index (χ1v) is 8.32. The number of amides is 1. The number of hydrogen-bond acceptors (Lipinski definition) is 5. The van der Waals surface area contributed by atoms with Crippen molar-refractivity contribution >= 4 is 23.1 Å². The highest BCUT2D eigenvalue weighted by molar-refractivity contribution is 5.92. The van der Waals surface area contributed by atoms with Gasteiger partial charge in [-0.3, -0.25) is 4.79 Å². The minimum absolute atomic E-state index is 0.247. The summed E-state index contributed by atoms with van der Waals surface area (Å²) in [7, 11) is 3.99. The van der Waals surface area contributed by atoms with Crippen molar-refractivity contribution in [2.75, 3.05) is 24.3 Å². The van der Waals surface area contributed by atoms with Crippen LogP contribution in [0, 0.1) is 0 Å². The molecule has 0 saturated heterocycles. The van der Waals surface area contributed by atoms with Crippen molar-refractivity contribution in [3.63, 3.8) is 0 Å². The molecule has 0 unspecified atom stereocenters. The number of hydrogen-bond donors (Lipinski definition) is 2. The van der Waals surface area contributed by atoms with Gasteiger partial charge >= 0.3 is 0 Å². The molecule has 0 aliphatic carbocycles. The molecule has 0 aliphatic rings. The molecule has 132 valence electrons. The number of nitrogens with one attached hydrogen (secondary N) is 2. The van der Waals surface area contributed by atoms with E-state index in [9.17, 15) is 4.79 Å². The SMILES string of the molecule is CN(C)c1ccc(Nc2ccc(C(=O)NCc3ccccc3)nn2)cc1. The molecule has 6 heteroatoms. The number of carbonyl (C=O) groups is 1. The van der Waals surface area contributed by atoms with Crippen molar-refractivity contribution in [2.24, 2.45) is 0 Å². The number of rotatable bonds is 6. The van der Waals surface area contributed by atoms with Gasteiger partial charge in [0, 0.05) is 32.0 Å². The third kappa shape index (κ3) is 4.57. The first-order valence-electron chi connectivity index (χ1n) is 8.32. The minimum Gasteiger partial charge on any atom is -0.378 e. The molecule has 1 amide bonds. The summed E-state index contributed by atoms with van der Waals surface area (Å²) in [6.07, 6.45) is 0. The lowest BCUT2D eigenvalue weighted by atomic mass is 10.2. The molecular formula is C20H21N5O. The van der Waals surface area contributed by atoms with Crippen molar-refractivity contribution in [3.05, 3.63) is 78.0 Å². The third-order valence-electron chi connectivity index (χ3n) is 3.85. The van der Waals surface area contributed by atoms with Crippen LogP contribution < -0.4 is 15.5 Å². The van der Waals surface area contributed by atoms with E-state index in [4.69, 9.17) is 0 Å². The van der Waals surface area contributed by atoms with E-state index < -0.39 is 0 Å². The van der Waals surface area contributed by atoms with Crippen LogP contribution in [0.1, 0.15) is 16.1 Å². The summed E-state index contributed by atoms with van der Waals surface area (Å²) in [5.74, 6) is 0.338. The van der Waals surface area contributed by atoms with Crippen LogP contribution in [0.15, 0.2) is 66.7 Å². The summed E-state index contributed by atoms with van der Waals surface area (Å²) < 4.78 is 0. The maximum absolute atomic E-state index is 12.2. The highest BCUT2D eigenvalue weighted by Gasteiger charge is 2.08. The highest BCUT2D eigenvalue weighted by atomic mass is 16.1. The van der Waals surface area contributed by atoms with E-state index in [1.54, 1.807) is 12.1 Å². The fourth-order valence-corrected chi connectivity index (χ4v) is 2.38. The van der Waals surface area contributed by atoms with Gasteiger partial charge in [-0.2, -0.15) is 0 Å². The molecule has 2 N–H and O–H groups in total. The van der Waals surface area contributed by atoms with Crippen LogP contribution in [0.4, 0.5) is 17.2 Å². The van der Waals surface area contributed by atoms with Gasteiger partial charge < -0.3 is 15.5 Å². The summed E-state index contributed by atoms with van der Waals surface area (Å²) in [4.78, 5) is 14.2. The molecule has 26 heavy (non-hydrogen) atoms. The van der Waals surface area contributed by atoms with Gasteiger partial charge in [-0.1, -0.05) is 30.3 Å². The van der Waals surface area contributed by atoms with Crippen LogP contribution in [0.2, 0.25) is 0 Å². The first-order chi connectivity index (χ1) is 12.6. The van der Waals surface area contributed by atoms with Crippen LogP contribution in [0.25, 0.3) is 0 Å². The number of carbonyl (C=O) groups excluding carboxylic acids is 1. The Balaban J connectivity index is 1.58. The second-order valence-electron chi connectivity index (χ2n) is 6.04. The monoisotopic (exact) mass is 347 g/mol. The Morgan fingerprint density at radius 2 is 1.65 bits per heavy atom. The van der Waals surface area contributed by atoms with E-state index in [1.807, 2.05) is 73.6 Å². The Morgan fingerprint density at radius 1 is 0.923 bits per heavy atom. The predicted molar refractivity (Wildman–Crippen MR) is 104 cm³/mol. The Labute approximate surface area is 152 Å². The lowest BCUT2D eigenvalue weighted by Gasteiger charge is -2.13. The Bertz CT molecular complexity index is 846. The molecule has 0 radical (unpaired) electrons. The first kappa shape index (κ1) is 17.4. The van der Waals surface area contributed by atoms with Crippen LogP contribution >= 0.6 is 0 Å². The van der Waals surface area contributed by atoms with Gasteiger partial charge in [0.05, 0.1) is 0 Å². The van der Waals surface area contributed by atoms with E-state index in [0.29, 0.717) is 12.4 Å². The zero-order chi connectivity index (χ0) is 18.4. The van der Waals surface area contributed by atoms with Gasteiger partial charge in [0.2, 0.25) is 0 Å².